The van der Waals surface area contributed by atoms with E-state index < -0.39 is 12.5 Å². The summed E-state index contributed by atoms with van der Waals surface area (Å²) >= 11 is 1.15. The zero-order valence-corrected chi connectivity index (χ0v) is 10.5. The smallest absolute Gasteiger partial charge is 0.322 e. The van der Waals surface area contributed by atoms with E-state index in [0.29, 0.717) is 0 Å². The molecule has 7 heteroatoms. The van der Waals surface area contributed by atoms with Crippen LogP contribution >= 0.6 is 11.3 Å². The van der Waals surface area contributed by atoms with Gasteiger partial charge in [-0.3, -0.25) is 14.4 Å². The van der Waals surface area contributed by atoms with Crippen molar-refractivity contribution in [2.24, 2.45) is 0 Å². The molecule has 1 aromatic heterocycles. The Bertz CT molecular complexity index is 489. The molecule has 0 saturated carbocycles. The fraction of sp³-hybridized carbons (Fsp3) is 0.500. The van der Waals surface area contributed by atoms with Gasteiger partial charge in [0, 0.05) is 23.5 Å². The quantitative estimate of drug-likeness (QED) is 0.785. The SMILES string of the molecule is Cc1sc(=O)n(CCC(=O)NCC(=O)O)c1C. The van der Waals surface area contributed by atoms with Crippen LogP contribution in [0.25, 0.3) is 0 Å². The van der Waals surface area contributed by atoms with Crippen molar-refractivity contribution in [3.63, 3.8) is 0 Å². The van der Waals surface area contributed by atoms with Crippen LogP contribution in [0.2, 0.25) is 0 Å². The molecule has 17 heavy (non-hydrogen) atoms. The summed E-state index contributed by atoms with van der Waals surface area (Å²) < 4.78 is 1.53. The number of thiazole rings is 1. The number of carboxylic acid groups (broad SMARTS) is 1. The Morgan fingerprint density at radius 1 is 1.41 bits per heavy atom. The van der Waals surface area contributed by atoms with E-state index in [1.807, 2.05) is 13.8 Å². The van der Waals surface area contributed by atoms with E-state index in [2.05, 4.69) is 5.32 Å². The third-order valence-electron chi connectivity index (χ3n) is 2.37. The van der Waals surface area contributed by atoms with Gasteiger partial charge in [-0.05, 0) is 13.8 Å². The van der Waals surface area contributed by atoms with Gasteiger partial charge in [-0.25, -0.2) is 0 Å². The van der Waals surface area contributed by atoms with E-state index >= 15 is 0 Å². The topological polar surface area (TPSA) is 88.4 Å². The molecule has 0 unspecified atom stereocenters. The van der Waals surface area contributed by atoms with E-state index in [1.165, 1.54) is 4.57 Å². The van der Waals surface area contributed by atoms with Gasteiger partial charge >= 0.3 is 10.8 Å². The second-order valence-corrected chi connectivity index (χ2v) is 4.75. The largest absolute Gasteiger partial charge is 0.480 e. The van der Waals surface area contributed by atoms with Crippen molar-refractivity contribution in [1.82, 2.24) is 9.88 Å². The molecular weight excluding hydrogens is 244 g/mol. The van der Waals surface area contributed by atoms with Crippen LogP contribution in [0, 0.1) is 13.8 Å². The van der Waals surface area contributed by atoms with Crippen molar-refractivity contribution in [3.8, 4) is 0 Å². The minimum Gasteiger partial charge on any atom is -0.480 e. The maximum atomic E-state index is 11.5. The Balaban J connectivity index is 2.53. The Morgan fingerprint density at radius 3 is 2.53 bits per heavy atom. The summed E-state index contributed by atoms with van der Waals surface area (Å²) in [6, 6.07) is 0. The van der Waals surface area contributed by atoms with Gasteiger partial charge in [-0.15, -0.1) is 0 Å². The number of carbonyl (C=O) groups is 2. The van der Waals surface area contributed by atoms with Crippen molar-refractivity contribution >= 4 is 23.2 Å². The van der Waals surface area contributed by atoms with Crippen molar-refractivity contribution < 1.29 is 14.7 Å². The molecule has 0 radical (unpaired) electrons. The maximum absolute atomic E-state index is 11.5. The summed E-state index contributed by atoms with van der Waals surface area (Å²) in [7, 11) is 0. The van der Waals surface area contributed by atoms with Crippen molar-refractivity contribution in [2.75, 3.05) is 6.54 Å². The number of aliphatic carboxylic acids is 1. The minimum atomic E-state index is -1.09. The number of aromatic nitrogens is 1. The Labute approximate surface area is 102 Å². The molecule has 0 aliphatic rings. The highest BCUT2D eigenvalue weighted by atomic mass is 32.1. The van der Waals surface area contributed by atoms with Crippen LogP contribution in [0.3, 0.4) is 0 Å². The third-order valence-corrected chi connectivity index (χ3v) is 3.37. The van der Waals surface area contributed by atoms with E-state index in [4.69, 9.17) is 5.11 Å². The number of carboxylic acids is 1. The molecule has 0 aliphatic heterocycles. The van der Waals surface area contributed by atoms with Gasteiger partial charge in [0.05, 0.1) is 0 Å². The molecule has 94 valence electrons. The van der Waals surface area contributed by atoms with Crippen molar-refractivity contribution in [3.05, 3.63) is 20.2 Å². The molecule has 0 fully saturated rings. The van der Waals surface area contributed by atoms with E-state index in [0.717, 1.165) is 21.9 Å². The number of aryl methyl sites for hydroxylation is 1. The van der Waals surface area contributed by atoms with Gasteiger partial charge in [0.1, 0.15) is 6.54 Å². The Hall–Kier alpha value is -1.63. The lowest BCUT2D eigenvalue weighted by Gasteiger charge is -2.05. The Kier molecular flexibility index (Phi) is 4.45. The molecule has 2 N–H and O–H groups in total. The van der Waals surface area contributed by atoms with Gasteiger partial charge in [0.25, 0.3) is 0 Å². The van der Waals surface area contributed by atoms with Crippen molar-refractivity contribution in [1.29, 1.82) is 0 Å². The van der Waals surface area contributed by atoms with Gasteiger partial charge in [0.15, 0.2) is 0 Å². The van der Waals surface area contributed by atoms with E-state index in [1.54, 1.807) is 0 Å². The average Bonchev–Trinajstić information content (AvgIpc) is 2.48. The first-order valence-electron chi connectivity index (χ1n) is 5.07. The second-order valence-electron chi connectivity index (χ2n) is 3.58. The number of amides is 1. The zero-order valence-electron chi connectivity index (χ0n) is 9.65. The van der Waals surface area contributed by atoms with Gasteiger partial charge in [-0.1, -0.05) is 11.3 Å². The third kappa shape index (κ3) is 3.70. The van der Waals surface area contributed by atoms with Gasteiger partial charge in [0.2, 0.25) is 5.91 Å². The number of hydrogen-bond acceptors (Lipinski definition) is 4. The molecule has 0 bridgehead atoms. The summed E-state index contributed by atoms with van der Waals surface area (Å²) in [6.07, 6.45) is 0.101. The molecule has 1 rings (SSSR count). The lowest BCUT2D eigenvalue weighted by Crippen LogP contribution is -2.30. The lowest BCUT2D eigenvalue weighted by atomic mass is 10.3. The minimum absolute atomic E-state index is 0.0916. The maximum Gasteiger partial charge on any atom is 0.322 e. The second kappa shape index (κ2) is 5.62. The molecule has 1 heterocycles. The predicted octanol–water partition coefficient (Wildman–Crippen LogP) is 0.118. The highest BCUT2D eigenvalue weighted by Crippen LogP contribution is 2.09. The average molecular weight is 258 g/mol. The predicted molar refractivity (Wildman–Crippen MR) is 63.3 cm³/mol. The first-order chi connectivity index (χ1) is 7.91. The van der Waals surface area contributed by atoms with Crippen LogP contribution in [0.5, 0.6) is 0 Å². The normalized spacial score (nSPS) is 10.2. The lowest BCUT2D eigenvalue weighted by molar-refractivity contribution is -0.137. The van der Waals surface area contributed by atoms with Crippen molar-refractivity contribution in [2.45, 2.75) is 26.8 Å². The molecule has 0 saturated heterocycles. The van der Waals surface area contributed by atoms with Crippen LogP contribution in [-0.4, -0.2) is 28.1 Å². The number of rotatable bonds is 5. The summed E-state index contributed by atoms with van der Waals surface area (Å²) in [5, 5.41) is 10.6. The molecular formula is C10H14N2O4S. The first kappa shape index (κ1) is 13.4. The Morgan fingerprint density at radius 2 is 2.06 bits per heavy atom. The molecule has 0 aliphatic carbocycles. The summed E-state index contributed by atoms with van der Waals surface area (Å²) in [4.78, 5) is 33.8. The van der Waals surface area contributed by atoms with E-state index in [-0.39, 0.29) is 23.7 Å². The highest BCUT2D eigenvalue weighted by molar-refractivity contribution is 7.09. The number of carbonyl (C=O) groups excluding carboxylic acids is 1. The zero-order chi connectivity index (χ0) is 13.0. The number of hydrogen-bond donors (Lipinski definition) is 2. The van der Waals surface area contributed by atoms with Crippen LogP contribution in [0.15, 0.2) is 4.79 Å². The molecule has 1 aromatic rings. The fourth-order valence-electron chi connectivity index (χ4n) is 1.32. The molecule has 1 amide bonds. The summed E-state index contributed by atoms with van der Waals surface area (Å²) in [5.41, 5.74) is 0.853. The molecule has 0 aromatic carbocycles. The van der Waals surface area contributed by atoms with Gasteiger partial charge in [-0.2, -0.15) is 0 Å². The van der Waals surface area contributed by atoms with Crippen LogP contribution < -0.4 is 10.2 Å². The monoisotopic (exact) mass is 258 g/mol. The standard InChI is InChI=1S/C10H14N2O4S/c1-6-7(2)17-10(16)12(6)4-3-8(13)11-5-9(14)15/h3-5H2,1-2H3,(H,11,13)(H,14,15). The van der Waals surface area contributed by atoms with Crippen LogP contribution in [0.4, 0.5) is 0 Å². The molecule has 0 atom stereocenters. The van der Waals surface area contributed by atoms with Gasteiger partial charge < -0.3 is 15.0 Å². The van der Waals surface area contributed by atoms with Crippen LogP contribution in [-0.2, 0) is 16.1 Å². The summed E-state index contributed by atoms with van der Waals surface area (Å²) in [5.74, 6) is -1.46. The van der Waals surface area contributed by atoms with Crippen LogP contribution in [0.1, 0.15) is 17.0 Å². The highest BCUT2D eigenvalue weighted by Gasteiger charge is 2.09. The molecule has 0 spiro atoms. The molecule has 6 nitrogen and oxygen atoms in total. The van der Waals surface area contributed by atoms with E-state index in [9.17, 15) is 14.4 Å². The number of nitrogens with one attached hydrogen (secondary N) is 1. The first-order valence-corrected chi connectivity index (χ1v) is 5.88. The fourth-order valence-corrected chi connectivity index (χ4v) is 2.18. The summed E-state index contributed by atoms with van der Waals surface area (Å²) in [6.45, 7) is 3.56. The number of nitrogens with zero attached hydrogens (tertiary/aromatic N) is 1.